The highest BCUT2D eigenvalue weighted by Gasteiger charge is 2.38. The average Bonchev–Trinajstić information content (AvgIpc) is 3.31. The van der Waals surface area contributed by atoms with Gasteiger partial charge in [0, 0.05) is 18.3 Å². The van der Waals surface area contributed by atoms with E-state index in [1.54, 1.807) is 25.3 Å². The summed E-state index contributed by atoms with van der Waals surface area (Å²) >= 11 is 0. The van der Waals surface area contributed by atoms with Crippen molar-refractivity contribution < 1.29 is 28.6 Å². The molecule has 2 N–H and O–H groups in total. The van der Waals surface area contributed by atoms with Crippen LogP contribution in [0.2, 0.25) is 0 Å². The van der Waals surface area contributed by atoms with Crippen LogP contribution in [0, 0.1) is 0 Å². The van der Waals surface area contributed by atoms with E-state index in [0.717, 1.165) is 16.2 Å². The van der Waals surface area contributed by atoms with Crippen molar-refractivity contribution in [3.05, 3.63) is 48.0 Å². The van der Waals surface area contributed by atoms with Gasteiger partial charge in [-0.05, 0) is 36.2 Å². The van der Waals surface area contributed by atoms with E-state index in [4.69, 9.17) is 14.2 Å². The molecular formula is C21H21N3O6. The molecule has 1 saturated heterocycles. The highest BCUT2D eigenvalue weighted by Crippen LogP contribution is 2.34. The lowest BCUT2D eigenvalue weighted by Crippen LogP contribution is -2.34. The van der Waals surface area contributed by atoms with E-state index in [0.29, 0.717) is 23.6 Å². The van der Waals surface area contributed by atoms with Crippen LogP contribution in [-0.2, 0) is 16.0 Å². The molecule has 30 heavy (non-hydrogen) atoms. The molecule has 2 aromatic rings. The molecule has 0 unspecified atom stereocenters. The second-order valence-corrected chi connectivity index (χ2v) is 6.91. The summed E-state index contributed by atoms with van der Waals surface area (Å²) in [7, 11) is 1.59. The number of ether oxygens (including phenoxy) is 3. The third-order valence-corrected chi connectivity index (χ3v) is 4.94. The standard InChI is InChI=1S/C21H21N3O6/c1-28-15-5-2-13(3-6-15)8-9-24-20(26)16(23-21(24)27)11-19(25)22-14-4-7-17-18(10-14)30-12-29-17/h2-7,10,16H,8-9,11-12H2,1H3,(H,22,25)(H,23,27)/t16-/m1/s1. The molecule has 0 radical (unpaired) electrons. The van der Waals surface area contributed by atoms with Crippen LogP contribution >= 0.6 is 0 Å². The Morgan fingerprint density at radius 2 is 1.93 bits per heavy atom. The molecule has 4 rings (SSSR count). The van der Waals surface area contributed by atoms with Gasteiger partial charge in [0.1, 0.15) is 11.8 Å². The van der Waals surface area contributed by atoms with Gasteiger partial charge in [0.15, 0.2) is 11.5 Å². The summed E-state index contributed by atoms with van der Waals surface area (Å²) in [5, 5.41) is 5.29. The van der Waals surface area contributed by atoms with Crippen molar-refractivity contribution in [3.63, 3.8) is 0 Å². The number of rotatable bonds is 7. The molecule has 2 heterocycles. The smallest absolute Gasteiger partial charge is 0.324 e. The Bertz CT molecular complexity index is 975. The molecule has 1 fully saturated rings. The van der Waals surface area contributed by atoms with Crippen LogP contribution in [-0.4, -0.2) is 49.2 Å². The number of benzene rings is 2. The quantitative estimate of drug-likeness (QED) is 0.675. The first-order valence-electron chi connectivity index (χ1n) is 9.48. The van der Waals surface area contributed by atoms with E-state index < -0.39 is 18.0 Å². The number of hydrogen-bond donors (Lipinski definition) is 2. The Kier molecular flexibility index (Phi) is 5.42. The van der Waals surface area contributed by atoms with E-state index in [-0.39, 0.29) is 25.7 Å². The summed E-state index contributed by atoms with van der Waals surface area (Å²) in [4.78, 5) is 38.3. The van der Waals surface area contributed by atoms with Crippen molar-refractivity contribution in [2.75, 3.05) is 25.8 Å². The molecule has 0 spiro atoms. The molecule has 2 aliphatic heterocycles. The fourth-order valence-corrected chi connectivity index (χ4v) is 3.33. The molecule has 4 amide bonds. The molecule has 0 aromatic heterocycles. The lowest BCUT2D eigenvalue weighted by Gasteiger charge is -2.13. The molecule has 9 heteroatoms. The second kappa shape index (κ2) is 8.32. The number of amides is 4. The van der Waals surface area contributed by atoms with Crippen molar-refractivity contribution in [1.82, 2.24) is 10.2 Å². The van der Waals surface area contributed by atoms with Crippen molar-refractivity contribution in [2.45, 2.75) is 18.9 Å². The predicted molar refractivity (Wildman–Crippen MR) is 107 cm³/mol. The van der Waals surface area contributed by atoms with Crippen molar-refractivity contribution in [1.29, 1.82) is 0 Å². The molecule has 0 bridgehead atoms. The predicted octanol–water partition coefficient (Wildman–Crippen LogP) is 1.92. The number of hydrogen-bond acceptors (Lipinski definition) is 6. The Labute approximate surface area is 172 Å². The molecule has 2 aliphatic rings. The Hall–Kier alpha value is -3.75. The molecule has 0 aliphatic carbocycles. The number of carbonyl (C=O) groups excluding carboxylic acids is 3. The minimum absolute atomic E-state index is 0.141. The van der Waals surface area contributed by atoms with Gasteiger partial charge in [-0.1, -0.05) is 12.1 Å². The number of nitrogens with one attached hydrogen (secondary N) is 2. The number of fused-ring (bicyclic) bond motifs is 1. The fourth-order valence-electron chi connectivity index (χ4n) is 3.33. The number of imide groups is 1. The van der Waals surface area contributed by atoms with Gasteiger partial charge in [-0.25, -0.2) is 4.79 Å². The zero-order valence-electron chi connectivity index (χ0n) is 16.3. The summed E-state index contributed by atoms with van der Waals surface area (Å²) in [5.74, 6) is 1.10. The highest BCUT2D eigenvalue weighted by molar-refractivity contribution is 6.07. The Morgan fingerprint density at radius 3 is 2.70 bits per heavy atom. The second-order valence-electron chi connectivity index (χ2n) is 6.91. The molecular weight excluding hydrogens is 390 g/mol. The van der Waals surface area contributed by atoms with Gasteiger partial charge < -0.3 is 24.8 Å². The van der Waals surface area contributed by atoms with Crippen LogP contribution in [0.3, 0.4) is 0 Å². The van der Waals surface area contributed by atoms with E-state index in [1.165, 1.54) is 0 Å². The summed E-state index contributed by atoms with van der Waals surface area (Å²) in [5.41, 5.74) is 1.50. The number of nitrogens with zero attached hydrogens (tertiary/aromatic N) is 1. The lowest BCUT2D eigenvalue weighted by atomic mass is 10.1. The summed E-state index contributed by atoms with van der Waals surface area (Å²) in [6.45, 7) is 0.374. The number of methoxy groups -OCH3 is 1. The van der Waals surface area contributed by atoms with Crippen LogP contribution in [0.5, 0.6) is 17.2 Å². The number of anilines is 1. The van der Waals surface area contributed by atoms with E-state index in [9.17, 15) is 14.4 Å². The third kappa shape index (κ3) is 4.14. The minimum atomic E-state index is -0.887. The summed E-state index contributed by atoms with van der Waals surface area (Å²) in [6, 6.07) is 11.1. The van der Waals surface area contributed by atoms with Gasteiger partial charge in [-0.2, -0.15) is 0 Å². The van der Waals surface area contributed by atoms with Crippen LogP contribution < -0.4 is 24.8 Å². The van der Waals surface area contributed by atoms with Gasteiger partial charge >= 0.3 is 6.03 Å². The van der Waals surface area contributed by atoms with E-state index in [1.807, 2.05) is 24.3 Å². The fraction of sp³-hybridized carbons (Fsp3) is 0.286. The average molecular weight is 411 g/mol. The molecule has 9 nitrogen and oxygen atoms in total. The molecule has 0 saturated carbocycles. The molecule has 156 valence electrons. The zero-order chi connectivity index (χ0) is 21.1. The normalized spacial score (nSPS) is 17.1. The van der Waals surface area contributed by atoms with Gasteiger partial charge in [-0.15, -0.1) is 0 Å². The topological polar surface area (TPSA) is 106 Å². The molecule has 2 aromatic carbocycles. The van der Waals surface area contributed by atoms with Gasteiger partial charge in [-0.3, -0.25) is 14.5 Å². The summed E-state index contributed by atoms with van der Waals surface area (Å²) in [6.07, 6.45) is 0.358. The Morgan fingerprint density at radius 1 is 1.17 bits per heavy atom. The van der Waals surface area contributed by atoms with Crippen molar-refractivity contribution in [3.8, 4) is 17.2 Å². The maximum atomic E-state index is 12.6. The van der Waals surface area contributed by atoms with Crippen LogP contribution in [0.15, 0.2) is 42.5 Å². The van der Waals surface area contributed by atoms with Crippen molar-refractivity contribution >= 4 is 23.5 Å². The lowest BCUT2D eigenvalue weighted by molar-refractivity contribution is -0.129. The van der Waals surface area contributed by atoms with E-state index in [2.05, 4.69) is 10.6 Å². The highest BCUT2D eigenvalue weighted by atomic mass is 16.7. The van der Waals surface area contributed by atoms with Gasteiger partial charge in [0.05, 0.1) is 13.5 Å². The largest absolute Gasteiger partial charge is 0.497 e. The monoisotopic (exact) mass is 411 g/mol. The van der Waals surface area contributed by atoms with Gasteiger partial charge in [0.2, 0.25) is 12.7 Å². The first-order valence-corrected chi connectivity index (χ1v) is 9.48. The molecule has 1 atom stereocenters. The minimum Gasteiger partial charge on any atom is -0.497 e. The maximum absolute atomic E-state index is 12.6. The summed E-state index contributed by atoms with van der Waals surface area (Å²) < 4.78 is 15.6. The first kappa shape index (κ1) is 19.6. The number of carbonyl (C=O) groups is 3. The third-order valence-electron chi connectivity index (χ3n) is 4.94. The zero-order valence-corrected chi connectivity index (χ0v) is 16.3. The van der Waals surface area contributed by atoms with Crippen LogP contribution in [0.1, 0.15) is 12.0 Å². The first-order chi connectivity index (χ1) is 14.5. The Balaban J connectivity index is 1.31. The van der Waals surface area contributed by atoms with Crippen LogP contribution in [0.4, 0.5) is 10.5 Å². The van der Waals surface area contributed by atoms with Crippen LogP contribution in [0.25, 0.3) is 0 Å². The van der Waals surface area contributed by atoms with Gasteiger partial charge in [0.25, 0.3) is 5.91 Å². The SMILES string of the molecule is COc1ccc(CCN2C(=O)N[C@H](CC(=O)Nc3ccc4c(c3)OCO4)C2=O)cc1. The number of urea groups is 1. The van der Waals surface area contributed by atoms with E-state index >= 15 is 0 Å². The maximum Gasteiger partial charge on any atom is 0.324 e. The van der Waals surface area contributed by atoms with Crippen molar-refractivity contribution in [2.24, 2.45) is 0 Å².